The van der Waals surface area contributed by atoms with Crippen LogP contribution in [0.4, 0.5) is 0 Å². The summed E-state index contributed by atoms with van der Waals surface area (Å²) in [4.78, 5) is 61.0. The molecular weight excluding hydrogens is 552 g/mol. The second-order valence-electron chi connectivity index (χ2n) is 9.53. The van der Waals surface area contributed by atoms with Crippen LogP contribution >= 0.6 is 11.3 Å². The lowest BCUT2D eigenvalue weighted by atomic mass is 10.0. The minimum atomic E-state index is -1.40. The maximum atomic E-state index is 13.1. The van der Waals surface area contributed by atoms with E-state index in [1.165, 1.54) is 18.2 Å². The number of benzene rings is 3. The van der Waals surface area contributed by atoms with Gasteiger partial charge in [0.05, 0.1) is 11.1 Å². The molecule has 0 spiro atoms. The second kappa shape index (κ2) is 13.1. The van der Waals surface area contributed by atoms with E-state index in [9.17, 15) is 29.1 Å². The summed E-state index contributed by atoms with van der Waals surface area (Å²) in [6.07, 6.45) is -0.681. The number of hydrogen-bond donors (Lipinski definition) is 3. The van der Waals surface area contributed by atoms with Gasteiger partial charge in [0.1, 0.15) is 35.8 Å². The molecule has 41 heavy (non-hydrogen) atoms. The number of carbonyl (C=O) groups is 4. The first-order valence-corrected chi connectivity index (χ1v) is 13.5. The molecule has 2 atom stereocenters. The zero-order valence-electron chi connectivity index (χ0n) is 22.2. The van der Waals surface area contributed by atoms with Crippen LogP contribution in [-0.2, 0) is 19.2 Å². The van der Waals surface area contributed by atoms with Gasteiger partial charge in [-0.3, -0.25) is 19.2 Å². The van der Waals surface area contributed by atoms with Gasteiger partial charge in [-0.1, -0.05) is 61.6 Å². The maximum Gasteiger partial charge on any atom is 0.396 e. The van der Waals surface area contributed by atoms with Crippen LogP contribution in [-0.4, -0.2) is 54.0 Å². The fourth-order valence-corrected chi connectivity index (χ4v) is 4.79. The van der Waals surface area contributed by atoms with Crippen LogP contribution in [0.3, 0.4) is 0 Å². The highest BCUT2D eigenvalue weighted by molar-refractivity contribution is 7.16. The van der Waals surface area contributed by atoms with E-state index in [0.29, 0.717) is 16.0 Å². The van der Waals surface area contributed by atoms with Gasteiger partial charge in [-0.2, -0.15) is 0 Å². The van der Waals surface area contributed by atoms with Crippen molar-refractivity contribution in [2.24, 2.45) is 5.92 Å². The molecule has 1 heterocycles. The molecule has 0 aliphatic carbocycles. The van der Waals surface area contributed by atoms with E-state index in [-0.39, 0.29) is 18.3 Å². The Kier molecular flexibility index (Phi) is 9.35. The van der Waals surface area contributed by atoms with Crippen molar-refractivity contribution in [1.29, 1.82) is 0 Å². The van der Waals surface area contributed by atoms with Gasteiger partial charge in [0.25, 0.3) is 5.91 Å². The highest BCUT2D eigenvalue weighted by atomic mass is 32.1. The van der Waals surface area contributed by atoms with Gasteiger partial charge in [-0.25, -0.2) is 4.79 Å². The number of Topliss-reactive ketones (excluding diaryl/α,β-unsaturated/α-hetero) is 1. The molecule has 3 N–H and O–H groups in total. The highest BCUT2D eigenvalue weighted by Crippen LogP contribution is 2.25. The van der Waals surface area contributed by atoms with Crippen molar-refractivity contribution in [3.63, 3.8) is 0 Å². The van der Waals surface area contributed by atoms with E-state index in [1.54, 1.807) is 19.9 Å². The molecule has 0 radical (unpaired) electrons. The van der Waals surface area contributed by atoms with Crippen LogP contribution in [0.1, 0.15) is 20.3 Å². The Balaban J connectivity index is 1.37. The van der Waals surface area contributed by atoms with Crippen LogP contribution in [0.25, 0.3) is 21.1 Å². The summed E-state index contributed by atoms with van der Waals surface area (Å²) in [5.41, 5.74) is 0.374. The molecule has 0 saturated carbocycles. The van der Waals surface area contributed by atoms with Gasteiger partial charge in [0.15, 0.2) is 12.4 Å². The molecule has 4 rings (SSSR count). The van der Waals surface area contributed by atoms with Crippen LogP contribution in [0.2, 0.25) is 0 Å². The Labute approximate surface area is 238 Å². The fourth-order valence-electron chi connectivity index (χ4n) is 4.09. The van der Waals surface area contributed by atoms with Crippen LogP contribution in [0.5, 0.6) is 11.5 Å². The number of rotatable bonds is 13. The Morgan fingerprint density at radius 3 is 2.46 bits per heavy atom. The Hall–Kier alpha value is -4.71. The van der Waals surface area contributed by atoms with Crippen LogP contribution in [0.15, 0.2) is 69.9 Å². The monoisotopic (exact) mass is 580 g/mol. The largest absolute Gasteiger partial charge is 0.486 e. The SMILES string of the molecule is CC(C)[C@H](NC(=O)COc1cccc2ccccc12)C(=O)N[C@@H](CC(=O)O)C(=O)COc1ccc2oc(=O)sc2c1. The van der Waals surface area contributed by atoms with Crippen molar-refractivity contribution in [2.45, 2.75) is 32.4 Å². The van der Waals surface area contributed by atoms with Crippen molar-refractivity contribution < 1.29 is 38.2 Å². The maximum absolute atomic E-state index is 13.1. The molecule has 0 unspecified atom stereocenters. The molecule has 214 valence electrons. The zero-order chi connectivity index (χ0) is 29.5. The number of ether oxygens (including phenoxy) is 2. The lowest BCUT2D eigenvalue weighted by Gasteiger charge is -2.24. The summed E-state index contributed by atoms with van der Waals surface area (Å²) >= 11 is 0.871. The van der Waals surface area contributed by atoms with Crippen molar-refractivity contribution in [3.8, 4) is 11.5 Å². The van der Waals surface area contributed by atoms with Crippen LogP contribution in [0, 0.1) is 5.92 Å². The standard InChI is InChI=1S/C29H28N2O9S/c1-16(2)27(31-25(33)15-39-22-9-5-7-17-6-3-4-8-19(17)22)28(36)30-20(13-26(34)35)21(32)14-38-18-10-11-23-24(12-18)41-29(37)40-23/h3-12,16,20,27H,13-15H2,1-2H3,(H,30,36)(H,31,33)(H,34,35)/t20-,27-/m0/s1. The van der Waals surface area contributed by atoms with Gasteiger partial charge in [0.2, 0.25) is 5.91 Å². The number of carboxylic acid groups (broad SMARTS) is 1. The molecule has 0 saturated heterocycles. The highest BCUT2D eigenvalue weighted by Gasteiger charge is 2.30. The molecular formula is C29H28N2O9S. The lowest BCUT2D eigenvalue weighted by molar-refractivity contribution is -0.141. The summed E-state index contributed by atoms with van der Waals surface area (Å²) in [7, 11) is 0. The summed E-state index contributed by atoms with van der Waals surface area (Å²) in [6.45, 7) is 2.51. The Morgan fingerprint density at radius 2 is 1.71 bits per heavy atom. The normalized spacial score (nSPS) is 12.6. The molecule has 0 fully saturated rings. The summed E-state index contributed by atoms with van der Waals surface area (Å²) in [5, 5.41) is 16.2. The van der Waals surface area contributed by atoms with Gasteiger partial charge in [0, 0.05) is 11.5 Å². The Bertz CT molecular complexity index is 1640. The van der Waals surface area contributed by atoms with Gasteiger partial charge in [-0.05, 0) is 29.5 Å². The first-order chi connectivity index (χ1) is 19.6. The average Bonchev–Trinajstić information content (AvgIpc) is 3.31. The minimum Gasteiger partial charge on any atom is -0.486 e. The molecule has 2 amide bonds. The van der Waals surface area contributed by atoms with E-state index in [1.807, 2.05) is 36.4 Å². The number of ketones is 1. The molecule has 0 bridgehead atoms. The first-order valence-electron chi connectivity index (χ1n) is 12.7. The van der Waals surface area contributed by atoms with Crippen molar-refractivity contribution in [3.05, 3.63) is 70.4 Å². The number of carboxylic acids is 1. The van der Waals surface area contributed by atoms with Gasteiger partial charge in [-0.15, -0.1) is 0 Å². The smallest absolute Gasteiger partial charge is 0.396 e. The third kappa shape index (κ3) is 7.70. The molecule has 4 aromatic rings. The minimum absolute atomic E-state index is 0.266. The molecule has 11 nitrogen and oxygen atoms in total. The van der Waals surface area contributed by atoms with Crippen molar-refractivity contribution >= 4 is 56.0 Å². The molecule has 12 heteroatoms. The third-order valence-corrected chi connectivity index (χ3v) is 6.93. The van der Waals surface area contributed by atoms with Gasteiger partial charge < -0.3 is 29.6 Å². The number of amides is 2. The molecule has 0 aliphatic rings. The number of fused-ring (bicyclic) bond motifs is 2. The second-order valence-corrected chi connectivity index (χ2v) is 10.5. The quantitative estimate of drug-likeness (QED) is 0.216. The summed E-state index contributed by atoms with van der Waals surface area (Å²) < 4.78 is 16.7. The Morgan fingerprint density at radius 1 is 0.951 bits per heavy atom. The van der Waals surface area contributed by atoms with E-state index < -0.39 is 53.6 Å². The predicted molar refractivity (Wildman–Crippen MR) is 151 cm³/mol. The topological polar surface area (TPSA) is 161 Å². The van der Waals surface area contributed by atoms with E-state index in [4.69, 9.17) is 13.9 Å². The van der Waals surface area contributed by atoms with Gasteiger partial charge >= 0.3 is 10.9 Å². The third-order valence-electron chi connectivity index (χ3n) is 6.14. The molecule has 1 aromatic heterocycles. The average molecular weight is 581 g/mol. The number of aliphatic carboxylic acids is 1. The van der Waals surface area contributed by atoms with Crippen LogP contribution < -0.4 is 25.0 Å². The summed E-state index contributed by atoms with van der Waals surface area (Å²) in [6, 6.07) is 15.1. The predicted octanol–water partition coefficient (Wildman–Crippen LogP) is 3.13. The number of hydrogen-bond acceptors (Lipinski definition) is 9. The van der Waals surface area contributed by atoms with Crippen molar-refractivity contribution in [1.82, 2.24) is 10.6 Å². The zero-order valence-corrected chi connectivity index (χ0v) is 23.1. The van der Waals surface area contributed by atoms with E-state index >= 15 is 0 Å². The van der Waals surface area contributed by atoms with E-state index in [2.05, 4.69) is 10.6 Å². The van der Waals surface area contributed by atoms with Crippen molar-refractivity contribution in [2.75, 3.05) is 13.2 Å². The summed E-state index contributed by atoms with van der Waals surface area (Å²) in [5.74, 6) is -2.88. The first kappa shape index (κ1) is 29.3. The molecule has 0 aliphatic heterocycles. The molecule has 3 aromatic carbocycles. The lowest BCUT2D eigenvalue weighted by Crippen LogP contribution is -2.55. The van der Waals surface area contributed by atoms with E-state index in [0.717, 1.165) is 22.1 Å². The number of nitrogens with one attached hydrogen (secondary N) is 2. The number of carbonyl (C=O) groups excluding carboxylic acids is 3. The fraction of sp³-hybridized carbons (Fsp3) is 0.276.